The summed E-state index contributed by atoms with van der Waals surface area (Å²) in [5.74, 6) is -0.149. The maximum atomic E-state index is 13.0. The van der Waals surface area contributed by atoms with Gasteiger partial charge in [-0.3, -0.25) is 4.79 Å². The highest BCUT2D eigenvalue weighted by Gasteiger charge is 2.44. The molecule has 0 spiro atoms. The van der Waals surface area contributed by atoms with Gasteiger partial charge in [-0.05, 0) is 38.5 Å². The highest BCUT2D eigenvalue weighted by molar-refractivity contribution is 5.76. The zero-order valence-corrected chi connectivity index (χ0v) is 34.7. The molecule has 0 aromatic heterocycles. The second-order valence-corrected chi connectivity index (χ2v) is 15.9. The molecule has 6 N–H and O–H groups in total. The molecule has 9 nitrogen and oxygen atoms in total. The van der Waals surface area contributed by atoms with Crippen molar-refractivity contribution in [1.82, 2.24) is 5.32 Å². The molecule has 1 fully saturated rings. The van der Waals surface area contributed by atoms with Crippen LogP contribution in [0.4, 0.5) is 0 Å². The second kappa shape index (κ2) is 36.0. The molecule has 54 heavy (non-hydrogen) atoms. The van der Waals surface area contributed by atoms with Crippen LogP contribution in [0.5, 0.6) is 0 Å². The SMILES string of the molecule is CCCCC/C=C\C=C/CCCCCCCCCCCCC(=O)NC(COC1OC(CO)C(O)C(O)C1O)C(O)CCCCCCCCCCCCCC. The number of unbranched alkanes of at least 4 members (excludes halogenated alkanes) is 24. The normalized spacial score (nSPS) is 21.6. The van der Waals surface area contributed by atoms with Crippen molar-refractivity contribution in [2.24, 2.45) is 0 Å². The summed E-state index contributed by atoms with van der Waals surface area (Å²) in [5, 5.41) is 54.3. The predicted molar refractivity (Wildman–Crippen MR) is 221 cm³/mol. The monoisotopic (exact) mass is 768 g/mol. The molecule has 7 atom stereocenters. The zero-order chi connectivity index (χ0) is 39.5. The lowest BCUT2D eigenvalue weighted by Crippen LogP contribution is -2.60. The van der Waals surface area contributed by atoms with Gasteiger partial charge in [0.15, 0.2) is 6.29 Å². The van der Waals surface area contributed by atoms with Crippen molar-refractivity contribution >= 4 is 5.91 Å². The zero-order valence-electron chi connectivity index (χ0n) is 34.7. The molecule has 1 amide bonds. The molecule has 1 aliphatic heterocycles. The molecule has 318 valence electrons. The van der Waals surface area contributed by atoms with Gasteiger partial charge in [-0.2, -0.15) is 0 Å². The Balaban J connectivity index is 2.31. The number of rotatable bonds is 37. The molecule has 0 aliphatic carbocycles. The molecule has 0 bridgehead atoms. The third-order valence-electron chi connectivity index (χ3n) is 10.8. The summed E-state index contributed by atoms with van der Waals surface area (Å²) < 4.78 is 11.2. The molecule has 0 aromatic rings. The van der Waals surface area contributed by atoms with E-state index in [2.05, 4.69) is 43.5 Å². The molecule has 9 heteroatoms. The van der Waals surface area contributed by atoms with Crippen LogP contribution in [0.1, 0.15) is 200 Å². The Morgan fingerprint density at radius 3 is 1.59 bits per heavy atom. The smallest absolute Gasteiger partial charge is 0.220 e. The average Bonchev–Trinajstić information content (AvgIpc) is 3.17. The van der Waals surface area contributed by atoms with Crippen LogP contribution >= 0.6 is 0 Å². The second-order valence-electron chi connectivity index (χ2n) is 15.9. The number of nitrogens with one attached hydrogen (secondary N) is 1. The van der Waals surface area contributed by atoms with Crippen molar-refractivity contribution in [2.45, 2.75) is 243 Å². The van der Waals surface area contributed by atoms with Crippen LogP contribution in [0, 0.1) is 0 Å². The first-order valence-electron chi connectivity index (χ1n) is 22.6. The fourth-order valence-electron chi connectivity index (χ4n) is 7.15. The molecule has 1 aliphatic rings. The van der Waals surface area contributed by atoms with Crippen molar-refractivity contribution in [2.75, 3.05) is 13.2 Å². The van der Waals surface area contributed by atoms with Crippen molar-refractivity contribution < 1.29 is 39.8 Å². The minimum Gasteiger partial charge on any atom is -0.394 e. The van der Waals surface area contributed by atoms with Crippen molar-refractivity contribution in [3.63, 3.8) is 0 Å². The lowest BCUT2D eigenvalue weighted by atomic mass is 9.99. The first kappa shape index (κ1) is 50.7. The Hall–Kier alpha value is -1.33. The summed E-state index contributed by atoms with van der Waals surface area (Å²) in [4.78, 5) is 13.0. The molecule has 1 rings (SSSR count). The maximum absolute atomic E-state index is 13.0. The van der Waals surface area contributed by atoms with E-state index in [0.29, 0.717) is 12.8 Å². The van der Waals surface area contributed by atoms with Crippen LogP contribution in [-0.2, 0) is 14.3 Å². The van der Waals surface area contributed by atoms with E-state index in [0.717, 1.165) is 44.9 Å². The van der Waals surface area contributed by atoms with Gasteiger partial charge in [0.25, 0.3) is 0 Å². The van der Waals surface area contributed by atoms with Gasteiger partial charge in [-0.1, -0.05) is 179 Å². The lowest BCUT2D eigenvalue weighted by molar-refractivity contribution is -0.302. The van der Waals surface area contributed by atoms with Crippen LogP contribution in [0.3, 0.4) is 0 Å². The van der Waals surface area contributed by atoms with E-state index in [1.807, 2.05) is 0 Å². The molecule has 0 saturated carbocycles. The van der Waals surface area contributed by atoms with Crippen molar-refractivity contribution in [3.8, 4) is 0 Å². The lowest BCUT2D eigenvalue weighted by Gasteiger charge is -2.40. The number of hydrogen-bond donors (Lipinski definition) is 6. The minimum atomic E-state index is -1.55. The van der Waals surface area contributed by atoms with Gasteiger partial charge in [0.05, 0.1) is 25.4 Å². The number of aliphatic hydroxyl groups is 5. The number of amides is 1. The van der Waals surface area contributed by atoms with Crippen LogP contribution in [-0.4, -0.2) is 87.5 Å². The van der Waals surface area contributed by atoms with E-state index in [1.165, 1.54) is 128 Å². The van der Waals surface area contributed by atoms with Gasteiger partial charge in [0.1, 0.15) is 24.4 Å². The van der Waals surface area contributed by atoms with Crippen LogP contribution in [0.15, 0.2) is 24.3 Å². The highest BCUT2D eigenvalue weighted by atomic mass is 16.7. The molecule has 7 unspecified atom stereocenters. The third kappa shape index (κ3) is 26.5. The summed E-state index contributed by atoms with van der Waals surface area (Å²) in [7, 11) is 0. The number of carbonyl (C=O) groups excluding carboxylic acids is 1. The van der Waals surface area contributed by atoms with E-state index in [-0.39, 0.29) is 12.5 Å². The van der Waals surface area contributed by atoms with E-state index < -0.39 is 49.5 Å². The maximum Gasteiger partial charge on any atom is 0.220 e. The van der Waals surface area contributed by atoms with Crippen LogP contribution < -0.4 is 5.32 Å². The highest BCUT2D eigenvalue weighted by Crippen LogP contribution is 2.23. The van der Waals surface area contributed by atoms with Gasteiger partial charge < -0.3 is 40.3 Å². The van der Waals surface area contributed by atoms with Crippen LogP contribution in [0.25, 0.3) is 0 Å². The van der Waals surface area contributed by atoms with Gasteiger partial charge in [-0.15, -0.1) is 0 Å². The number of carbonyl (C=O) groups is 1. The Morgan fingerprint density at radius 1 is 0.630 bits per heavy atom. The Morgan fingerprint density at radius 2 is 1.07 bits per heavy atom. The van der Waals surface area contributed by atoms with Gasteiger partial charge >= 0.3 is 0 Å². The molecular formula is C45H85NO8. The van der Waals surface area contributed by atoms with E-state index in [9.17, 15) is 30.3 Å². The Labute approximate surface area is 330 Å². The fraction of sp³-hybridized carbons (Fsp3) is 0.889. The standard InChI is InChI=1S/C45H85NO8/c1-3-5-7-9-11-13-15-17-18-19-20-21-22-23-25-27-29-31-33-35-41(49)46-38(37-53-45-44(52)43(51)42(50)40(36-47)54-45)39(48)34-32-30-28-26-24-16-14-12-10-8-6-4-2/h11,13,15,17,38-40,42-45,47-48,50-52H,3-10,12,14,16,18-37H2,1-2H3,(H,46,49)/b13-11-,17-15-. The fourth-order valence-corrected chi connectivity index (χ4v) is 7.15. The third-order valence-corrected chi connectivity index (χ3v) is 10.8. The van der Waals surface area contributed by atoms with Gasteiger partial charge in [-0.25, -0.2) is 0 Å². The van der Waals surface area contributed by atoms with Crippen molar-refractivity contribution in [1.29, 1.82) is 0 Å². The summed E-state index contributed by atoms with van der Waals surface area (Å²) in [6, 6.07) is -0.717. The van der Waals surface area contributed by atoms with Crippen LogP contribution in [0.2, 0.25) is 0 Å². The number of allylic oxidation sites excluding steroid dienone is 4. The topological polar surface area (TPSA) is 149 Å². The molecule has 0 radical (unpaired) electrons. The first-order valence-corrected chi connectivity index (χ1v) is 22.6. The van der Waals surface area contributed by atoms with E-state index in [1.54, 1.807) is 0 Å². The molecular weight excluding hydrogens is 682 g/mol. The quantitative estimate of drug-likeness (QED) is 0.0271. The summed E-state index contributed by atoms with van der Waals surface area (Å²) >= 11 is 0. The number of aliphatic hydroxyl groups excluding tert-OH is 5. The first-order chi connectivity index (χ1) is 26.3. The minimum absolute atomic E-state index is 0.138. The van der Waals surface area contributed by atoms with Gasteiger partial charge in [0.2, 0.25) is 5.91 Å². The number of hydrogen-bond acceptors (Lipinski definition) is 8. The largest absolute Gasteiger partial charge is 0.394 e. The Bertz CT molecular complexity index is 899. The number of ether oxygens (including phenoxy) is 2. The van der Waals surface area contributed by atoms with Gasteiger partial charge in [0, 0.05) is 6.42 Å². The summed E-state index contributed by atoms with van der Waals surface area (Å²) in [5.41, 5.74) is 0. The summed E-state index contributed by atoms with van der Waals surface area (Å²) in [6.07, 6.45) is 34.6. The molecule has 0 aromatic carbocycles. The van der Waals surface area contributed by atoms with Crippen molar-refractivity contribution in [3.05, 3.63) is 24.3 Å². The average molecular weight is 768 g/mol. The van der Waals surface area contributed by atoms with E-state index >= 15 is 0 Å². The predicted octanol–water partition coefficient (Wildman–Crippen LogP) is 9.11. The molecule has 1 saturated heterocycles. The van der Waals surface area contributed by atoms with E-state index in [4.69, 9.17) is 9.47 Å². The Kier molecular flexibility index (Phi) is 33.8. The molecule has 1 heterocycles. The summed E-state index contributed by atoms with van der Waals surface area (Å²) in [6.45, 7) is 3.79.